The fourth-order valence-electron chi connectivity index (χ4n) is 4.76. The molecule has 4 aromatic heterocycles. The lowest BCUT2D eigenvalue weighted by Crippen LogP contribution is -2.21. The minimum atomic E-state index is -4.61. The van der Waals surface area contributed by atoms with Gasteiger partial charge in [-0.3, -0.25) is 9.36 Å². The zero-order chi connectivity index (χ0) is 28.7. The van der Waals surface area contributed by atoms with Crippen LogP contribution in [0, 0.1) is 0 Å². The van der Waals surface area contributed by atoms with Crippen LogP contribution < -0.4 is 10.3 Å². The summed E-state index contributed by atoms with van der Waals surface area (Å²) in [5.41, 5.74) is 1.67. The Balaban J connectivity index is 1.37. The van der Waals surface area contributed by atoms with Gasteiger partial charge in [-0.15, -0.1) is 0 Å². The van der Waals surface area contributed by atoms with Gasteiger partial charge in [-0.1, -0.05) is 24.3 Å². The Bertz CT molecular complexity index is 1800. The van der Waals surface area contributed by atoms with Crippen LogP contribution in [0.5, 0.6) is 5.88 Å². The molecule has 0 saturated heterocycles. The number of aliphatic hydroxyl groups is 1. The normalized spacial score (nSPS) is 13.6. The minimum absolute atomic E-state index is 0.0344. The second-order valence-electron chi connectivity index (χ2n) is 9.71. The zero-order valence-electron chi connectivity index (χ0n) is 21.8. The summed E-state index contributed by atoms with van der Waals surface area (Å²) in [6.45, 7) is -0.216. The van der Waals surface area contributed by atoms with Gasteiger partial charge in [0.25, 0.3) is 5.56 Å². The van der Waals surface area contributed by atoms with Gasteiger partial charge in [0.05, 0.1) is 26.0 Å². The molecule has 0 aliphatic heterocycles. The van der Waals surface area contributed by atoms with Gasteiger partial charge in [0.15, 0.2) is 11.5 Å². The molecular formula is C28H24F3N7O3. The molecule has 0 spiro atoms. The summed E-state index contributed by atoms with van der Waals surface area (Å²) < 4.78 is 48.0. The van der Waals surface area contributed by atoms with Gasteiger partial charge in [-0.25, -0.2) is 24.9 Å². The van der Waals surface area contributed by atoms with E-state index in [0.717, 1.165) is 30.3 Å². The molecule has 6 rings (SSSR count). The standard InChI is InChI=1S/C28H24F3N7O3/c1-41-27-22(23(17-6-7-17)33-15-34-27)24-32-12-19-8-9-21(40)38(26(19)36-24)13-16-2-4-18(5-3-16)25-35-20(28(29,30)31)14-37(25)10-11-39/h2-5,8-9,12,14-15,17,39H,6-7,10-11,13H2,1H3. The van der Waals surface area contributed by atoms with Crippen LogP contribution in [0.2, 0.25) is 0 Å². The van der Waals surface area contributed by atoms with Crippen molar-refractivity contribution in [1.29, 1.82) is 0 Å². The Morgan fingerprint density at radius 3 is 2.51 bits per heavy atom. The van der Waals surface area contributed by atoms with E-state index in [2.05, 4.69) is 19.9 Å². The average Bonchev–Trinajstić information content (AvgIpc) is 3.73. The SMILES string of the molecule is COc1ncnc(C2CC2)c1-c1ncc2ccc(=O)n(Cc3ccc(-c4nc(C(F)(F)F)cn4CCO)cc3)c2n1. The van der Waals surface area contributed by atoms with E-state index in [9.17, 15) is 23.1 Å². The van der Waals surface area contributed by atoms with Crippen molar-refractivity contribution in [2.75, 3.05) is 13.7 Å². The van der Waals surface area contributed by atoms with Crippen molar-refractivity contribution >= 4 is 11.0 Å². The third-order valence-electron chi connectivity index (χ3n) is 6.91. The molecule has 5 aromatic rings. The number of nitrogens with zero attached hydrogens (tertiary/aromatic N) is 7. The third-order valence-corrected chi connectivity index (χ3v) is 6.91. The average molecular weight is 564 g/mol. The largest absolute Gasteiger partial charge is 0.480 e. The van der Waals surface area contributed by atoms with Crippen molar-refractivity contribution in [3.63, 3.8) is 0 Å². The predicted octanol–water partition coefficient (Wildman–Crippen LogP) is 4.06. The maximum Gasteiger partial charge on any atom is 0.434 e. The topological polar surface area (TPSA) is 121 Å². The molecule has 1 aliphatic carbocycles. The molecule has 41 heavy (non-hydrogen) atoms. The number of aromatic nitrogens is 7. The van der Waals surface area contributed by atoms with Gasteiger partial charge in [0.1, 0.15) is 23.4 Å². The highest BCUT2D eigenvalue weighted by atomic mass is 19.4. The van der Waals surface area contributed by atoms with Gasteiger partial charge in [-0.05, 0) is 24.5 Å². The number of aliphatic hydroxyl groups excluding tert-OH is 1. The quantitative estimate of drug-likeness (QED) is 0.300. The van der Waals surface area contributed by atoms with Crippen molar-refractivity contribution in [3.05, 3.63) is 82.4 Å². The first-order valence-electron chi connectivity index (χ1n) is 12.9. The maximum absolute atomic E-state index is 13.3. The molecule has 0 unspecified atom stereocenters. The van der Waals surface area contributed by atoms with E-state index in [1.54, 1.807) is 36.5 Å². The van der Waals surface area contributed by atoms with Crippen molar-refractivity contribution in [1.82, 2.24) is 34.1 Å². The second kappa shape index (κ2) is 10.4. The van der Waals surface area contributed by atoms with Crippen LogP contribution in [-0.4, -0.2) is 52.9 Å². The van der Waals surface area contributed by atoms with Crippen LogP contribution in [-0.2, 0) is 19.3 Å². The fraction of sp³-hybridized carbons (Fsp3) is 0.286. The number of hydrogen-bond donors (Lipinski definition) is 1. The smallest absolute Gasteiger partial charge is 0.434 e. The van der Waals surface area contributed by atoms with Gasteiger partial charge >= 0.3 is 6.18 Å². The summed E-state index contributed by atoms with van der Waals surface area (Å²) in [5.74, 6) is 1.07. The monoisotopic (exact) mass is 563 g/mol. The lowest BCUT2D eigenvalue weighted by atomic mass is 10.1. The van der Waals surface area contributed by atoms with E-state index in [4.69, 9.17) is 9.72 Å². The zero-order valence-corrected chi connectivity index (χ0v) is 21.8. The minimum Gasteiger partial charge on any atom is -0.480 e. The maximum atomic E-state index is 13.3. The van der Waals surface area contributed by atoms with Crippen molar-refractivity contribution in [2.24, 2.45) is 0 Å². The van der Waals surface area contributed by atoms with Crippen LogP contribution in [0.15, 0.2) is 59.9 Å². The first-order valence-corrected chi connectivity index (χ1v) is 12.9. The molecule has 0 radical (unpaired) electrons. The summed E-state index contributed by atoms with van der Waals surface area (Å²) in [6.07, 6.45) is 1.36. The molecule has 4 heterocycles. The van der Waals surface area contributed by atoms with Crippen molar-refractivity contribution < 1.29 is 23.0 Å². The number of rotatable bonds is 8. The van der Waals surface area contributed by atoms with Crippen molar-refractivity contribution in [3.8, 4) is 28.7 Å². The van der Waals surface area contributed by atoms with Crippen LogP contribution in [0.25, 0.3) is 33.8 Å². The number of hydrogen-bond acceptors (Lipinski definition) is 8. The Morgan fingerprint density at radius 2 is 1.83 bits per heavy atom. The first-order chi connectivity index (χ1) is 19.8. The number of methoxy groups -OCH3 is 1. The number of fused-ring (bicyclic) bond motifs is 1. The number of benzene rings is 1. The number of alkyl halides is 3. The number of ether oxygens (including phenoxy) is 1. The lowest BCUT2D eigenvalue weighted by molar-refractivity contribution is -0.140. The molecule has 1 saturated carbocycles. The van der Waals surface area contributed by atoms with Crippen LogP contribution >= 0.6 is 0 Å². The second-order valence-corrected chi connectivity index (χ2v) is 9.71. The van der Waals surface area contributed by atoms with Gasteiger partial charge in [-0.2, -0.15) is 13.2 Å². The summed E-state index contributed by atoms with van der Waals surface area (Å²) in [5, 5.41) is 9.96. The summed E-state index contributed by atoms with van der Waals surface area (Å²) >= 11 is 0. The van der Waals surface area contributed by atoms with E-state index in [-0.39, 0.29) is 37.0 Å². The molecule has 210 valence electrons. The summed E-state index contributed by atoms with van der Waals surface area (Å²) in [6, 6.07) is 9.79. The Morgan fingerprint density at radius 1 is 1.05 bits per heavy atom. The van der Waals surface area contributed by atoms with Crippen LogP contribution in [0.4, 0.5) is 13.2 Å². The molecule has 1 aliphatic rings. The van der Waals surface area contributed by atoms with Gasteiger partial charge < -0.3 is 14.4 Å². The molecule has 1 fully saturated rings. The number of halogens is 3. The molecule has 13 heteroatoms. The molecule has 0 amide bonds. The molecule has 1 N–H and O–H groups in total. The third kappa shape index (κ3) is 5.15. The van der Waals surface area contributed by atoms with Crippen LogP contribution in [0.1, 0.15) is 35.7 Å². The molecule has 1 aromatic carbocycles. The van der Waals surface area contributed by atoms with E-state index >= 15 is 0 Å². The number of pyridine rings is 1. The van der Waals surface area contributed by atoms with E-state index in [1.807, 2.05) is 0 Å². The molecule has 10 nitrogen and oxygen atoms in total. The summed E-state index contributed by atoms with van der Waals surface area (Å²) in [7, 11) is 1.52. The Labute approximate surface area is 231 Å². The highest BCUT2D eigenvalue weighted by Crippen LogP contribution is 2.44. The molecule has 0 bridgehead atoms. The summed E-state index contributed by atoms with van der Waals surface area (Å²) in [4.78, 5) is 34.7. The van der Waals surface area contributed by atoms with Gasteiger partial charge in [0, 0.05) is 41.9 Å². The Hall–Kier alpha value is -4.65. The lowest BCUT2D eigenvalue weighted by Gasteiger charge is -2.13. The predicted molar refractivity (Wildman–Crippen MR) is 142 cm³/mol. The number of imidazole rings is 1. The molecular weight excluding hydrogens is 539 g/mol. The van der Waals surface area contributed by atoms with E-state index in [1.165, 1.54) is 28.6 Å². The fourth-order valence-corrected chi connectivity index (χ4v) is 4.76. The van der Waals surface area contributed by atoms with E-state index < -0.39 is 11.9 Å². The molecule has 0 atom stereocenters. The highest BCUT2D eigenvalue weighted by molar-refractivity contribution is 5.78. The van der Waals surface area contributed by atoms with E-state index in [0.29, 0.717) is 33.9 Å². The van der Waals surface area contributed by atoms with Crippen LogP contribution in [0.3, 0.4) is 0 Å². The Kier molecular flexibility index (Phi) is 6.73. The highest BCUT2D eigenvalue weighted by Gasteiger charge is 2.35. The van der Waals surface area contributed by atoms with Gasteiger partial charge in [0.2, 0.25) is 5.88 Å². The first kappa shape index (κ1) is 26.6. The van der Waals surface area contributed by atoms with Crippen molar-refractivity contribution in [2.45, 2.75) is 38.0 Å².